The number of halogens is 1. The molecule has 0 saturated carbocycles. The summed E-state index contributed by atoms with van der Waals surface area (Å²) in [7, 11) is 1.49. The smallest absolute Gasteiger partial charge is 0.254 e. The second-order valence-corrected chi connectivity index (χ2v) is 4.29. The van der Waals surface area contributed by atoms with Crippen LogP contribution in [0.2, 0.25) is 0 Å². The summed E-state index contributed by atoms with van der Waals surface area (Å²) in [6.45, 7) is 3.61. The molecule has 0 fully saturated rings. The van der Waals surface area contributed by atoms with Crippen LogP contribution < -0.4 is 10.6 Å². The Morgan fingerprint density at radius 3 is 2.33 bits per heavy atom. The number of hydrogen-bond acceptors (Lipinski definition) is 2. The third-order valence-corrected chi connectivity index (χ3v) is 2.60. The summed E-state index contributed by atoms with van der Waals surface area (Å²) in [5.41, 5.74) is -0.0629. The van der Waals surface area contributed by atoms with Gasteiger partial charge in [0.1, 0.15) is 11.9 Å². The highest BCUT2D eigenvalue weighted by molar-refractivity contribution is 5.97. The highest BCUT2D eigenvalue weighted by atomic mass is 19.1. The van der Waals surface area contributed by atoms with Gasteiger partial charge in [-0.15, -0.1) is 0 Å². The first-order chi connectivity index (χ1) is 8.47. The average Bonchev–Trinajstić information content (AvgIpc) is 2.35. The molecule has 0 unspecified atom stereocenters. The van der Waals surface area contributed by atoms with Gasteiger partial charge in [-0.3, -0.25) is 9.59 Å². The van der Waals surface area contributed by atoms with E-state index in [0.29, 0.717) is 0 Å². The standard InChI is InChI=1S/C13H17FN2O2/c1-8(2)11(13(18)15-3)16-12(17)9-6-4-5-7-10(9)14/h4-8,11H,1-3H3,(H,15,18)(H,16,17)/t11-/m1/s1. The molecule has 1 rings (SSSR count). The maximum Gasteiger partial charge on any atom is 0.254 e. The molecule has 4 nitrogen and oxygen atoms in total. The fourth-order valence-corrected chi connectivity index (χ4v) is 1.55. The summed E-state index contributed by atoms with van der Waals surface area (Å²) in [6.07, 6.45) is 0. The van der Waals surface area contributed by atoms with Crippen LogP contribution in [0.25, 0.3) is 0 Å². The minimum Gasteiger partial charge on any atom is -0.357 e. The second-order valence-electron chi connectivity index (χ2n) is 4.29. The molecule has 0 heterocycles. The van der Waals surface area contributed by atoms with E-state index in [1.807, 2.05) is 13.8 Å². The number of nitrogens with one attached hydrogen (secondary N) is 2. The summed E-state index contributed by atoms with van der Waals surface area (Å²) >= 11 is 0. The summed E-state index contributed by atoms with van der Waals surface area (Å²) in [6, 6.07) is 4.99. The molecule has 0 saturated heterocycles. The molecule has 0 spiro atoms. The van der Waals surface area contributed by atoms with Gasteiger partial charge in [-0.05, 0) is 18.1 Å². The van der Waals surface area contributed by atoms with Crippen molar-refractivity contribution in [2.24, 2.45) is 5.92 Å². The first-order valence-corrected chi connectivity index (χ1v) is 5.74. The molecule has 2 amide bonds. The number of benzene rings is 1. The lowest BCUT2D eigenvalue weighted by molar-refractivity contribution is -0.123. The Labute approximate surface area is 106 Å². The molecular weight excluding hydrogens is 235 g/mol. The van der Waals surface area contributed by atoms with Crippen LogP contribution in [-0.2, 0) is 4.79 Å². The SMILES string of the molecule is CNC(=O)[C@H](NC(=O)c1ccccc1F)C(C)C. The molecule has 98 valence electrons. The number of rotatable bonds is 4. The molecule has 0 bridgehead atoms. The Kier molecular flexibility index (Phi) is 4.83. The van der Waals surface area contributed by atoms with Crippen LogP contribution in [0.15, 0.2) is 24.3 Å². The number of amides is 2. The topological polar surface area (TPSA) is 58.2 Å². The van der Waals surface area contributed by atoms with Gasteiger partial charge in [0.25, 0.3) is 5.91 Å². The van der Waals surface area contributed by atoms with Crippen molar-refractivity contribution in [2.75, 3.05) is 7.05 Å². The van der Waals surface area contributed by atoms with Gasteiger partial charge in [0.05, 0.1) is 5.56 Å². The molecule has 1 aromatic carbocycles. The van der Waals surface area contributed by atoms with Gasteiger partial charge in [-0.25, -0.2) is 4.39 Å². The van der Waals surface area contributed by atoms with E-state index in [0.717, 1.165) is 0 Å². The Morgan fingerprint density at radius 2 is 1.83 bits per heavy atom. The predicted molar refractivity (Wildman–Crippen MR) is 66.6 cm³/mol. The van der Waals surface area contributed by atoms with Crippen LogP contribution >= 0.6 is 0 Å². The van der Waals surface area contributed by atoms with E-state index < -0.39 is 17.8 Å². The molecule has 0 aliphatic carbocycles. The molecule has 1 atom stereocenters. The van der Waals surface area contributed by atoms with E-state index in [-0.39, 0.29) is 17.4 Å². The van der Waals surface area contributed by atoms with Gasteiger partial charge in [0, 0.05) is 7.05 Å². The van der Waals surface area contributed by atoms with Crippen molar-refractivity contribution in [1.29, 1.82) is 0 Å². The van der Waals surface area contributed by atoms with E-state index in [4.69, 9.17) is 0 Å². The third-order valence-electron chi connectivity index (χ3n) is 2.60. The first kappa shape index (κ1) is 14.2. The van der Waals surface area contributed by atoms with E-state index >= 15 is 0 Å². The van der Waals surface area contributed by atoms with Crippen molar-refractivity contribution in [1.82, 2.24) is 10.6 Å². The van der Waals surface area contributed by atoms with E-state index in [2.05, 4.69) is 10.6 Å². The highest BCUT2D eigenvalue weighted by Crippen LogP contribution is 2.08. The zero-order valence-electron chi connectivity index (χ0n) is 10.7. The fraction of sp³-hybridized carbons (Fsp3) is 0.385. The van der Waals surface area contributed by atoms with Gasteiger partial charge >= 0.3 is 0 Å². The lowest BCUT2D eigenvalue weighted by Gasteiger charge is -2.20. The van der Waals surface area contributed by atoms with Crippen molar-refractivity contribution in [3.63, 3.8) is 0 Å². The van der Waals surface area contributed by atoms with Gasteiger partial charge < -0.3 is 10.6 Å². The second kappa shape index (κ2) is 6.14. The van der Waals surface area contributed by atoms with Crippen LogP contribution in [-0.4, -0.2) is 24.9 Å². The van der Waals surface area contributed by atoms with Crippen molar-refractivity contribution < 1.29 is 14.0 Å². The van der Waals surface area contributed by atoms with Crippen molar-refractivity contribution in [3.05, 3.63) is 35.6 Å². The van der Waals surface area contributed by atoms with Crippen molar-refractivity contribution >= 4 is 11.8 Å². The van der Waals surface area contributed by atoms with Gasteiger partial charge in [0.2, 0.25) is 5.91 Å². The maximum absolute atomic E-state index is 13.4. The van der Waals surface area contributed by atoms with Gasteiger partial charge in [-0.2, -0.15) is 0 Å². The number of hydrogen-bond donors (Lipinski definition) is 2. The fourth-order valence-electron chi connectivity index (χ4n) is 1.55. The van der Waals surface area contributed by atoms with Gasteiger partial charge in [0.15, 0.2) is 0 Å². The number of likely N-dealkylation sites (N-methyl/N-ethyl adjacent to an activating group) is 1. The van der Waals surface area contributed by atoms with Crippen LogP contribution in [0.3, 0.4) is 0 Å². The zero-order valence-corrected chi connectivity index (χ0v) is 10.7. The molecule has 5 heteroatoms. The highest BCUT2D eigenvalue weighted by Gasteiger charge is 2.24. The average molecular weight is 252 g/mol. The van der Waals surface area contributed by atoms with Crippen LogP contribution in [0, 0.1) is 11.7 Å². The molecule has 1 aromatic rings. The summed E-state index contributed by atoms with van der Waals surface area (Å²) < 4.78 is 13.4. The Hall–Kier alpha value is -1.91. The Bertz CT molecular complexity index is 446. The molecule has 0 aromatic heterocycles. The zero-order chi connectivity index (χ0) is 13.7. The molecule has 0 radical (unpaired) electrons. The minimum atomic E-state index is -0.679. The molecular formula is C13H17FN2O2. The quantitative estimate of drug-likeness (QED) is 0.849. The predicted octanol–water partition coefficient (Wildman–Crippen LogP) is 1.33. The summed E-state index contributed by atoms with van der Waals surface area (Å²) in [5.74, 6) is -1.57. The van der Waals surface area contributed by atoms with E-state index in [1.54, 1.807) is 6.07 Å². The summed E-state index contributed by atoms with van der Waals surface area (Å²) in [4.78, 5) is 23.5. The molecule has 2 N–H and O–H groups in total. The van der Waals surface area contributed by atoms with Crippen LogP contribution in [0.4, 0.5) is 4.39 Å². The van der Waals surface area contributed by atoms with Crippen LogP contribution in [0.1, 0.15) is 24.2 Å². The third kappa shape index (κ3) is 3.29. The lowest BCUT2D eigenvalue weighted by Crippen LogP contribution is -2.48. The number of carbonyl (C=O) groups excluding carboxylic acids is 2. The lowest BCUT2D eigenvalue weighted by atomic mass is 10.0. The maximum atomic E-state index is 13.4. The van der Waals surface area contributed by atoms with Crippen molar-refractivity contribution in [2.45, 2.75) is 19.9 Å². The minimum absolute atomic E-state index is 0.0629. The first-order valence-electron chi connectivity index (χ1n) is 5.74. The van der Waals surface area contributed by atoms with E-state index in [9.17, 15) is 14.0 Å². The largest absolute Gasteiger partial charge is 0.357 e. The van der Waals surface area contributed by atoms with Gasteiger partial charge in [-0.1, -0.05) is 26.0 Å². The van der Waals surface area contributed by atoms with E-state index in [1.165, 1.54) is 25.2 Å². The Balaban J connectivity index is 2.86. The number of carbonyl (C=O) groups is 2. The van der Waals surface area contributed by atoms with Crippen molar-refractivity contribution in [3.8, 4) is 0 Å². The monoisotopic (exact) mass is 252 g/mol. The normalized spacial score (nSPS) is 12.1. The van der Waals surface area contributed by atoms with Crippen LogP contribution in [0.5, 0.6) is 0 Å². The molecule has 0 aliphatic rings. The summed E-state index contributed by atoms with van der Waals surface area (Å²) in [5, 5.41) is 5.00. The molecule has 0 aliphatic heterocycles. The Morgan fingerprint density at radius 1 is 1.22 bits per heavy atom. The molecule has 18 heavy (non-hydrogen) atoms.